The van der Waals surface area contributed by atoms with E-state index in [0.717, 1.165) is 13.0 Å². The van der Waals surface area contributed by atoms with E-state index in [1.165, 1.54) is 0 Å². The first-order chi connectivity index (χ1) is 4.93. The number of hydrogen-bond acceptors (Lipinski definition) is 4. The van der Waals surface area contributed by atoms with Crippen molar-refractivity contribution in [1.29, 1.82) is 0 Å². The Morgan fingerprint density at radius 2 is 2.50 bits per heavy atom. The van der Waals surface area contributed by atoms with E-state index in [2.05, 4.69) is 25.9 Å². The second-order valence-electron chi connectivity index (χ2n) is 1.78. The molecule has 0 unspecified atom stereocenters. The molecule has 0 aliphatic rings. The zero-order valence-electron chi connectivity index (χ0n) is 5.54. The zero-order valence-corrected chi connectivity index (χ0v) is 5.54. The van der Waals surface area contributed by atoms with E-state index in [4.69, 9.17) is 6.92 Å². The molecule has 0 fully saturated rings. The Labute approximate surface area is 59.2 Å². The molecule has 0 spiro atoms. The molecule has 1 aromatic heterocycles. The monoisotopic (exact) mass is 139 g/mol. The molecule has 0 aliphatic heterocycles. The number of aromatic nitrogens is 4. The molecule has 2 N–H and O–H groups in total. The van der Waals surface area contributed by atoms with E-state index >= 15 is 0 Å². The van der Waals surface area contributed by atoms with Gasteiger partial charge in [0.05, 0.1) is 0 Å². The van der Waals surface area contributed by atoms with Crippen LogP contribution in [0.4, 0.5) is 0 Å². The third-order valence-corrected chi connectivity index (χ3v) is 1.06. The van der Waals surface area contributed by atoms with Gasteiger partial charge in [0.25, 0.3) is 0 Å². The predicted octanol–water partition coefficient (Wildman–Crippen LogP) is -0.957. The van der Waals surface area contributed by atoms with Crippen LogP contribution in [0.2, 0.25) is 0 Å². The van der Waals surface area contributed by atoms with Crippen molar-refractivity contribution < 1.29 is 0 Å². The summed E-state index contributed by atoms with van der Waals surface area (Å²) in [4.78, 5) is 0. The number of tetrazole rings is 1. The molecule has 1 heterocycles. The summed E-state index contributed by atoms with van der Waals surface area (Å²) in [5.41, 5.74) is 0. The maximum atomic E-state index is 5.19. The quantitative estimate of drug-likeness (QED) is 0.527. The molecule has 0 atom stereocenters. The van der Waals surface area contributed by atoms with Gasteiger partial charge < -0.3 is 5.32 Å². The van der Waals surface area contributed by atoms with Gasteiger partial charge in [-0.1, -0.05) is 5.21 Å². The molecule has 0 aliphatic carbocycles. The molecule has 0 amide bonds. The molecular formula is C5H9N5. The minimum atomic E-state index is 0.484. The highest BCUT2D eigenvalue weighted by Crippen LogP contribution is 1.81. The molecule has 0 aromatic carbocycles. The largest absolute Gasteiger partial charge is 0.316 e. The molecule has 0 saturated heterocycles. The normalized spacial score (nSPS) is 10.1. The topological polar surface area (TPSA) is 66.5 Å². The second-order valence-corrected chi connectivity index (χ2v) is 1.78. The second kappa shape index (κ2) is 3.94. The van der Waals surface area contributed by atoms with Crippen molar-refractivity contribution in [3.8, 4) is 0 Å². The minimum Gasteiger partial charge on any atom is -0.316 e. The maximum Gasteiger partial charge on any atom is 0.175 e. The van der Waals surface area contributed by atoms with Gasteiger partial charge >= 0.3 is 0 Å². The fourth-order valence-electron chi connectivity index (χ4n) is 0.591. The first-order valence-corrected chi connectivity index (χ1v) is 3.06. The number of nitrogens with zero attached hydrogens (tertiary/aromatic N) is 3. The van der Waals surface area contributed by atoms with Crippen LogP contribution >= 0.6 is 0 Å². The van der Waals surface area contributed by atoms with Gasteiger partial charge in [0, 0.05) is 13.0 Å². The Kier molecular flexibility index (Phi) is 2.82. The zero-order chi connectivity index (χ0) is 7.23. The summed E-state index contributed by atoms with van der Waals surface area (Å²) in [5, 5.41) is 16.2. The van der Waals surface area contributed by atoms with Gasteiger partial charge in [-0.3, -0.25) is 0 Å². The highest BCUT2D eigenvalue weighted by molar-refractivity contribution is 4.76. The van der Waals surface area contributed by atoms with E-state index in [9.17, 15) is 0 Å². The summed E-state index contributed by atoms with van der Waals surface area (Å²) < 4.78 is 0. The van der Waals surface area contributed by atoms with Gasteiger partial charge in [-0.2, -0.15) is 5.21 Å². The average Bonchev–Trinajstić information content (AvgIpc) is 2.41. The third kappa shape index (κ3) is 2.10. The van der Waals surface area contributed by atoms with Crippen LogP contribution in [0.15, 0.2) is 0 Å². The third-order valence-electron chi connectivity index (χ3n) is 1.06. The molecule has 10 heavy (non-hydrogen) atoms. The van der Waals surface area contributed by atoms with Crippen molar-refractivity contribution in [2.45, 2.75) is 6.42 Å². The van der Waals surface area contributed by atoms with Crippen LogP contribution in [-0.2, 0) is 6.42 Å². The Morgan fingerprint density at radius 1 is 1.60 bits per heavy atom. The molecule has 0 bridgehead atoms. The van der Waals surface area contributed by atoms with Crippen molar-refractivity contribution in [2.75, 3.05) is 13.1 Å². The molecule has 1 rings (SSSR count). The van der Waals surface area contributed by atoms with E-state index in [0.29, 0.717) is 12.4 Å². The van der Waals surface area contributed by atoms with Crippen molar-refractivity contribution >= 4 is 0 Å². The highest BCUT2D eigenvalue weighted by Gasteiger charge is 1.94. The van der Waals surface area contributed by atoms with Crippen molar-refractivity contribution in [3.05, 3.63) is 12.7 Å². The smallest absolute Gasteiger partial charge is 0.175 e. The SMILES string of the molecule is [CH]CNCCc1nn[nH]n1. The van der Waals surface area contributed by atoms with Crippen LogP contribution in [0, 0.1) is 6.92 Å². The number of rotatable bonds is 4. The van der Waals surface area contributed by atoms with Gasteiger partial charge in [0.1, 0.15) is 0 Å². The predicted molar refractivity (Wildman–Crippen MR) is 35.1 cm³/mol. The maximum absolute atomic E-state index is 5.19. The Hall–Kier alpha value is -0.970. The Morgan fingerprint density at radius 3 is 3.10 bits per heavy atom. The van der Waals surface area contributed by atoms with E-state index in [1.807, 2.05) is 0 Å². The van der Waals surface area contributed by atoms with Gasteiger partial charge in [0.2, 0.25) is 0 Å². The van der Waals surface area contributed by atoms with Crippen molar-refractivity contribution in [3.63, 3.8) is 0 Å². The molecule has 0 saturated carbocycles. The number of aromatic amines is 1. The average molecular weight is 139 g/mol. The molecule has 5 heteroatoms. The van der Waals surface area contributed by atoms with E-state index < -0.39 is 0 Å². The van der Waals surface area contributed by atoms with Crippen LogP contribution < -0.4 is 5.32 Å². The summed E-state index contributed by atoms with van der Waals surface area (Å²) in [5.74, 6) is 0.709. The van der Waals surface area contributed by atoms with E-state index in [-0.39, 0.29) is 0 Å². The van der Waals surface area contributed by atoms with Crippen LogP contribution in [0.1, 0.15) is 5.82 Å². The molecule has 2 radical (unpaired) electrons. The molecular weight excluding hydrogens is 130 g/mol. The molecule has 5 nitrogen and oxygen atoms in total. The van der Waals surface area contributed by atoms with Gasteiger partial charge in [-0.25, -0.2) is 0 Å². The standard InChI is InChI=1S/C5H9N5/c1-2-6-4-3-5-7-9-10-8-5/h1,6H,2-4H2,(H,7,8,9,10). The van der Waals surface area contributed by atoms with Gasteiger partial charge in [0.15, 0.2) is 5.82 Å². The summed E-state index contributed by atoms with van der Waals surface area (Å²) >= 11 is 0. The van der Waals surface area contributed by atoms with Crippen LogP contribution in [-0.4, -0.2) is 33.7 Å². The summed E-state index contributed by atoms with van der Waals surface area (Å²) in [7, 11) is 0. The van der Waals surface area contributed by atoms with Crippen molar-refractivity contribution in [1.82, 2.24) is 25.9 Å². The molecule has 54 valence electrons. The Balaban J connectivity index is 2.15. The fraction of sp³-hybridized carbons (Fsp3) is 0.600. The number of nitrogens with one attached hydrogen (secondary N) is 2. The summed E-state index contributed by atoms with van der Waals surface area (Å²) in [6.07, 6.45) is 0.758. The number of H-pyrrole nitrogens is 1. The summed E-state index contributed by atoms with van der Waals surface area (Å²) in [6.45, 7) is 6.46. The highest BCUT2D eigenvalue weighted by atomic mass is 15.5. The van der Waals surface area contributed by atoms with Crippen LogP contribution in [0.25, 0.3) is 0 Å². The minimum absolute atomic E-state index is 0.484. The lowest BCUT2D eigenvalue weighted by molar-refractivity contribution is 0.719. The van der Waals surface area contributed by atoms with Crippen LogP contribution in [0.3, 0.4) is 0 Å². The van der Waals surface area contributed by atoms with Crippen LogP contribution in [0.5, 0.6) is 0 Å². The fourth-order valence-corrected chi connectivity index (χ4v) is 0.591. The lowest BCUT2D eigenvalue weighted by atomic mass is 10.4. The van der Waals surface area contributed by atoms with Gasteiger partial charge in [-0.05, 0) is 13.5 Å². The van der Waals surface area contributed by atoms with E-state index in [1.54, 1.807) is 0 Å². The molecule has 1 aromatic rings. The lowest BCUT2D eigenvalue weighted by Crippen LogP contribution is -2.16. The Bertz CT molecular complexity index is 159. The summed E-state index contributed by atoms with van der Waals surface area (Å²) in [6, 6.07) is 0. The number of hydrogen-bond donors (Lipinski definition) is 2. The lowest BCUT2D eigenvalue weighted by Gasteiger charge is -1.94. The van der Waals surface area contributed by atoms with Crippen molar-refractivity contribution in [2.24, 2.45) is 0 Å². The first kappa shape index (κ1) is 7.14. The first-order valence-electron chi connectivity index (χ1n) is 3.06. The van der Waals surface area contributed by atoms with Gasteiger partial charge in [-0.15, -0.1) is 10.2 Å².